The molecule has 0 aliphatic carbocycles. The van der Waals surface area contributed by atoms with Gasteiger partial charge in [-0.2, -0.15) is 0 Å². The number of likely N-dealkylation sites (N-methyl/N-ethyl adjacent to an activating group) is 1. The van der Waals surface area contributed by atoms with Crippen LogP contribution in [0.4, 0.5) is 23.0 Å². The predicted octanol–water partition coefficient (Wildman–Crippen LogP) is 3.01. The molecular weight excluding hydrogens is 582 g/mol. The Hall–Kier alpha value is -3.94. The first kappa shape index (κ1) is 32.0. The number of nitrogens with one attached hydrogen (secondary N) is 5. The summed E-state index contributed by atoms with van der Waals surface area (Å²) in [5.74, 6) is 1.21. The zero-order chi connectivity index (χ0) is 31.9. The van der Waals surface area contributed by atoms with Crippen LogP contribution in [0.1, 0.15) is 67.7 Å². The second-order valence-corrected chi connectivity index (χ2v) is 12.7. The summed E-state index contributed by atoms with van der Waals surface area (Å²) in [6.45, 7) is 9.95. The van der Waals surface area contributed by atoms with Gasteiger partial charge in [-0.15, -0.1) is 0 Å². The number of amides is 1. The Bertz CT molecular complexity index is 1400. The van der Waals surface area contributed by atoms with Gasteiger partial charge >= 0.3 is 0 Å². The summed E-state index contributed by atoms with van der Waals surface area (Å²) in [7, 11) is 2.20. The van der Waals surface area contributed by atoms with Gasteiger partial charge in [0.15, 0.2) is 17.3 Å². The van der Waals surface area contributed by atoms with Crippen LogP contribution in [0.2, 0.25) is 0 Å². The molecule has 0 spiro atoms. The van der Waals surface area contributed by atoms with Crippen LogP contribution in [0.25, 0.3) is 0 Å². The molecule has 2 aromatic rings. The molecule has 5 heterocycles. The molecule has 1 aromatic carbocycles. The van der Waals surface area contributed by atoms with Crippen molar-refractivity contribution in [1.82, 2.24) is 30.4 Å². The van der Waals surface area contributed by atoms with Crippen molar-refractivity contribution < 1.29 is 9.53 Å². The Balaban J connectivity index is 1.17. The summed E-state index contributed by atoms with van der Waals surface area (Å²) in [5, 5.41) is 17.1. The summed E-state index contributed by atoms with van der Waals surface area (Å²) >= 11 is 0. The minimum atomic E-state index is -0.647. The molecule has 0 radical (unpaired) electrons. The number of aromatic nitrogens is 2. The van der Waals surface area contributed by atoms with E-state index in [1.165, 1.54) is 12.8 Å². The van der Waals surface area contributed by atoms with Crippen LogP contribution in [0.3, 0.4) is 0 Å². The molecule has 0 bridgehead atoms. The molecule has 7 N–H and O–H groups in total. The molecule has 13 heteroatoms. The fourth-order valence-corrected chi connectivity index (χ4v) is 6.74. The van der Waals surface area contributed by atoms with Crippen LogP contribution in [0.5, 0.6) is 0 Å². The van der Waals surface area contributed by atoms with Gasteiger partial charge in [-0.05, 0) is 63.4 Å². The standard InChI is InChI=1S/C33H49N11O2/c1-3-4-25(44-17-15-43(2)16-18-44)9-13-35-22-5-7-23(8-6-22)39-33-29(30(34)45)41-28(27-26-10-14-36-31(26)38-21-37-27)32(42-33)40-24-11-19-46-20-12-24/h5-8,21,24-25,27,35-36H,3-4,9-20H2,1-2H3,(H2,34,45)(H,37,38)(H2,39,40,42). The van der Waals surface area contributed by atoms with Crippen LogP contribution in [-0.2, 0) is 4.74 Å². The molecule has 2 atom stereocenters. The van der Waals surface area contributed by atoms with E-state index in [9.17, 15) is 4.79 Å². The minimum Gasteiger partial charge on any atom is -0.385 e. The van der Waals surface area contributed by atoms with Crippen LogP contribution in [0.15, 0.2) is 40.7 Å². The molecule has 1 amide bonds. The Kier molecular flexibility index (Phi) is 10.5. The SMILES string of the molecule is CCCC(CCNc1ccc(Nc2nc(NC3CCOCC3)c(C3N=CNC4=C3CCN4)nc2C(N)=O)cc1)N1CCN(C)CC1. The van der Waals surface area contributed by atoms with E-state index >= 15 is 0 Å². The number of nitrogens with zero attached hydrogens (tertiary/aromatic N) is 5. The fraction of sp³-hybridized carbons (Fsp3) is 0.576. The molecule has 2 fully saturated rings. The van der Waals surface area contributed by atoms with E-state index < -0.39 is 5.91 Å². The lowest BCUT2D eigenvalue weighted by Gasteiger charge is -2.38. The highest BCUT2D eigenvalue weighted by atomic mass is 16.5. The molecule has 4 aliphatic heterocycles. The number of piperazine rings is 1. The van der Waals surface area contributed by atoms with Crippen molar-refractivity contribution >= 4 is 35.3 Å². The highest BCUT2D eigenvalue weighted by molar-refractivity contribution is 5.96. The first-order valence-corrected chi connectivity index (χ1v) is 16.8. The molecule has 6 rings (SSSR count). The largest absolute Gasteiger partial charge is 0.385 e. The van der Waals surface area contributed by atoms with Gasteiger partial charge in [-0.25, -0.2) is 9.97 Å². The highest BCUT2D eigenvalue weighted by Crippen LogP contribution is 2.37. The molecule has 1 aromatic heterocycles. The molecule has 46 heavy (non-hydrogen) atoms. The van der Waals surface area contributed by atoms with E-state index in [1.54, 1.807) is 6.34 Å². The Morgan fingerprint density at radius 1 is 1.07 bits per heavy atom. The van der Waals surface area contributed by atoms with Gasteiger partial charge in [0.25, 0.3) is 5.91 Å². The summed E-state index contributed by atoms with van der Waals surface area (Å²) < 4.78 is 5.58. The molecule has 2 unspecified atom stereocenters. The summed E-state index contributed by atoms with van der Waals surface area (Å²) in [5.41, 5.74) is 9.50. The first-order valence-electron chi connectivity index (χ1n) is 16.8. The zero-order valence-electron chi connectivity index (χ0n) is 27.1. The van der Waals surface area contributed by atoms with Crippen molar-refractivity contribution in [2.45, 2.75) is 63.6 Å². The lowest BCUT2D eigenvalue weighted by Crippen LogP contribution is -2.49. The lowest BCUT2D eigenvalue weighted by molar-refractivity contribution is 0.0903. The summed E-state index contributed by atoms with van der Waals surface area (Å²) in [6.07, 6.45) is 7.74. The molecule has 4 aliphatic rings. The number of ether oxygens (including phenoxy) is 1. The second-order valence-electron chi connectivity index (χ2n) is 12.7. The van der Waals surface area contributed by atoms with Crippen molar-refractivity contribution in [2.75, 3.05) is 75.5 Å². The number of hydrogen-bond acceptors (Lipinski definition) is 12. The average Bonchev–Trinajstić information content (AvgIpc) is 3.56. The number of benzene rings is 1. The third kappa shape index (κ3) is 7.71. The molecule has 2 saturated heterocycles. The first-order chi connectivity index (χ1) is 22.5. The molecule has 0 saturated carbocycles. The van der Waals surface area contributed by atoms with Gasteiger partial charge in [-0.1, -0.05) is 13.3 Å². The van der Waals surface area contributed by atoms with Crippen molar-refractivity contribution in [1.29, 1.82) is 0 Å². The van der Waals surface area contributed by atoms with Crippen molar-refractivity contribution in [3.05, 3.63) is 47.0 Å². The van der Waals surface area contributed by atoms with E-state index in [-0.39, 0.29) is 17.8 Å². The zero-order valence-corrected chi connectivity index (χ0v) is 27.1. The van der Waals surface area contributed by atoms with Gasteiger partial charge in [-0.3, -0.25) is 14.7 Å². The van der Waals surface area contributed by atoms with E-state index in [1.807, 2.05) is 24.3 Å². The van der Waals surface area contributed by atoms with E-state index in [2.05, 4.69) is 50.4 Å². The van der Waals surface area contributed by atoms with Crippen molar-refractivity contribution in [3.63, 3.8) is 0 Å². The van der Waals surface area contributed by atoms with Crippen molar-refractivity contribution in [3.8, 4) is 0 Å². The van der Waals surface area contributed by atoms with Crippen LogP contribution in [-0.4, -0.2) is 104 Å². The average molecular weight is 632 g/mol. The summed E-state index contributed by atoms with van der Waals surface area (Å²) in [6, 6.07) is 8.47. The van der Waals surface area contributed by atoms with E-state index in [4.69, 9.17) is 25.4 Å². The Morgan fingerprint density at radius 2 is 1.83 bits per heavy atom. The Morgan fingerprint density at radius 3 is 2.57 bits per heavy atom. The minimum absolute atomic E-state index is 0.0856. The van der Waals surface area contributed by atoms with Gasteiger partial charge < -0.3 is 42.0 Å². The van der Waals surface area contributed by atoms with Gasteiger partial charge in [0, 0.05) is 81.5 Å². The van der Waals surface area contributed by atoms with Crippen LogP contribution in [0, 0.1) is 0 Å². The van der Waals surface area contributed by atoms with Gasteiger partial charge in [0.1, 0.15) is 17.6 Å². The normalized spacial score (nSPS) is 21.3. The van der Waals surface area contributed by atoms with Crippen LogP contribution >= 0.6 is 0 Å². The molecule has 248 valence electrons. The third-order valence-corrected chi connectivity index (χ3v) is 9.39. The number of rotatable bonds is 13. The monoisotopic (exact) mass is 631 g/mol. The number of carbonyl (C=O) groups excluding carboxylic acids is 1. The number of anilines is 4. The van der Waals surface area contributed by atoms with Gasteiger partial charge in [0.2, 0.25) is 0 Å². The smallest absolute Gasteiger partial charge is 0.271 e. The number of aliphatic imine (C=N–C) groups is 1. The Labute approximate surface area is 271 Å². The quantitative estimate of drug-likeness (QED) is 0.193. The van der Waals surface area contributed by atoms with Gasteiger partial charge in [0.05, 0.1) is 6.34 Å². The number of primary amides is 1. The number of nitrogens with two attached hydrogens (primary N) is 1. The predicted molar refractivity (Wildman–Crippen MR) is 183 cm³/mol. The highest BCUT2D eigenvalue weighted by Gasteiger charge is 2.32. The molecule has 13 nitrogen and oxygen atoms in total. The lowest BCUT2D eigenvalue weighted by atomic mass is 10.0. The summed E-state index contributed by atoms with van der Waals surface area (Å²) in [4.78, 5) is 32.3. The number of hydrogen-bond donors (Lipinski definition) is 6. The second kappa shape index (κ2) is 15.1. The van der Waals surface area contributed by atoms with E-state index in [0.29, 0.717) is 36.6 Å². The molecular formula is C33H49N11O2. The van der Waals surface area contributed by atoms with E-state index in [0.717, 1.165) is 87.7 Å². The maximum Gasteiger partial charge on any atom is 0.271 e. The topological polar surface area (TPSA) is 157 Å². The van der Waals surface area contributed by atoms with Crippen molar-refractivity contribution in [2.24, 2.45) is 10.7 Å². The maximum absolute atomic E-state index is 12.7. The third-order valence-electron chi connectivity index (χ3n) is 9.39. The van der Waals surface area contributed by atoms with Crippen LogP contribution < -0.4 is 32.3 Å². The maximum atomic E-state index is 12.7. The fourth-order valence-electron chi connectivity index (χ4n) is 6.74. The number of carbonyl (C=O) groups is 1.